The molecular formula is C19H24FN6O2+. The van der Waals surface area contributed by atoms with Gasteiger partial charge in [-0.3, -0.25) is 5.32 Å². The second-order valence-electron chi connectivity index (χ2n) is 7.01. The second kappa shape index (κ2) is 7.96. The first-order valence-corrected chi connectivity index (χ1v) is 9.03. The third-order valence-corrected chi connectivity index (χ3v) is 4.88. The highest BCUT2D eigenvalue weighted by Crippen LogP contribution is 2.24. The molecule has 9 heteroatoms. The number of aliphatic imine (C=N–C) groups is 1. The highest BCUT2D eigenvalue weighted by molar-refractivity contribution is 6.03. The first-order valence-electron chi connectivity index (χ1n) is 9.03. The van der Waals surface area contributed by atoms with Gasteiger partial charge in [0, 0.05) is 36.0 Å². The van der Waals surface area contributed by atoms with Gasteiger partial charge in [-0.05, 0) is 44.4 Å². The average Bonchev–Trinajstić information content (AvgIpc) is 2.67. The van der Waals surface area contributed by atoms with Gasteiger partial charge in [0.05, 0.1) is 5.70 Å². The van der Waals surface area contributed by atoms with Gasteiger partial charge in [0.1, 0.15) is 11.4 Å². The van der Waals surface area contributed by atoms with Crippen LogP contribution in [0.2, 0.25) is 0 Å². The van der Waals surface area contributed by atoms with E-state index in [9.17, 15) is 9.18 Å². The number of benzene rings is 1. The molecule has 2 aliphatic rings. The van der Waals surface area contributed by atoms with Gasteiger partial charge in [-0.2, -0.15) is 4.79 Å². The van der Waals surface area contributed by atoms with Gasteiger partial charge in [0.15, 0.2) is 5.66 Å². The van der Waals surface area contributed by atoms with Crippen molar-refractivity contribution >= 4 is 17.6 Å². The number of guanidine groups is 1. The summed E-state index contributed by atoms with van der Waals surface area (Å²) in [6.45, 7) is 9.98. The summed E-state index contributed by atoms with van der Waals surface area (Å²) >= 11 is 0. The van der Waals surface area contributed by atoms with Crippen LogP contribution < -0.4 is 21.7 Å². The number of aryl methyl sites for hydroxylation is 1. The van der Waals surface area contributed by atoms with E-state index in [-0.39, 0.29) is 11.6 Å². The lowest BCUT2D eigenvalue weighted by molar-refractivity contribution is 0.0716. The molecule has 1 amide bonds. The van der Waals surface area contributed by atoms with Crippen molar-refractivity contribution in [3.63, 3.8) is 0 Å². The van der Waals surface area contributed by atoms with Gasteiger partial charge >= 0.3 is 5.91 Å². The number of anilines is 1. The molecule has 0 spiro atoms. The molecule has 0 radical (unpaired) electrons. The quantitative estimate of drug-likeness (QED) is 0.629. The largest absolute Gasteiger partial charge is 0.550 e. The molecule has 0 aliphatic carbocycles. The Balaban J connectivity index is 1.81. The number of nitrogens with zero attached hydrogens (tertiary/aromatic N) is 2. The van der Waals surface area contributed by atoms with Crippen molar-refractivity contribution < 1.29 is 13.9 Å². The minimum atomic E-state index is -0.816. The lowest BCUT2D eigenvalue weighted by Gasteiger charge is -2.36. The van der Waals surface area contributed by atoms with Gasteiger partial charge in [0.2, 0.25) is 5.96 Å². The fourth-order valence-corrected chi connectivity index (χ4v) is 3.20. The van der Waals surface area contributed by atoms with Crippen molar-refractivity contribution in [2.24, 2.45) is 10.7 Å². The van der Waals surface area contributed by atoms with E-state index in [1.54, 1.807) is 13.1 Å². The number of hydrogen-bond acceptors (Lipinski definition) is 7. The van der Waals surface area contributed by atoms with Crippen LogP contribution in [0.25, 0.3) is 4.85 Å². The van der Waals surface area contributed by atoms with E-state index in [0.29, 0.717) is 36.1 Å². The van der Waals surface area contributed by atoms with Crippen LogP contribution in [0.4, 0.5) is 10.1 Å². The maximum atomic E-state index is 14.3. The molecule has 2 aliphatic heterocycles. The zero-order valence-electron chi connectivity index (χ0n) is 15.9. The third kappa shape index (κ3) is 4.13. The van der Waals surface area contributed by atoms with Gasteiger partial charge in [-0.15, -0.1) is 0 Å². The van der Waals surface area contributed by atoms with Crippen molar-refractivity contribution in [1.82, 2.24) is 10.6 Å². The van der Waals surface area contributed by atoms with E-state index in [0.717, 1.165) is 12.8 Å². The molecule has 1 aromatic carbocycles. The smallest absolute Gasteiger partial charge is 0.398 e. The fraction of sp³-hybridized carbons (Fsp3) is 0.421. The summed E-state index contributed by atoms with van der Waals surface area (Å²) in [6.07, 6.45) is 3.40. The number of carbonyl (C=O) groups is 1. The Kier molecular flexibility index (Phi) is 5.63. The summed E-state index contributed by atoms with van der Waals surface area (Å²) in [5, 5.41) is 9.48. The van der Waals surface area contributed by atoms with Crippen LogP contribution in [-0.4, -0.2) is 36.8 Å². The Bertz CT molecular complexity index is 885. The zero-order chi connectivity index (χ0) is 20.3. The number of halogens is 1. The summed E-state index contributed by atoms with van der Waals surface area (Å²) in [5.41, 5.74) is 6.80. The zero-order valence-corrected chi connectivity index (χ0v) is 15.9. The Labute approximate surface area is 162 Å². The number of carbonyl (C=O) groups excluding carboxylic acids is 1. The second-order valence-corrected chi connectivity index (χ2v) is 7.01. The number of hydrogen-bond donors (Lipinski definition) is 4. The predicted octanol–water partition coefficient (Wildman–Crippen LogP) is 1.89. The number of nitrogens with two attached hydrogens (primary N) is 1. The molecule has 1 unspecified atom stereocenters. The summed E-state index contributed by atoms with van der Waals surface area (Å²) < 4.78 is 19.6. The Morgan fingerprint density at radius 2 is 2.18 bits per heavy atom. The summed E-state index contributed by atoms with van der Waals surface area (Å²) in [6, 6.07) is 2.84. The molecule has 2 heterocycles. The Morgan fingerprint density at radius 3 is 2.86 bits per heavy atom. The molecule has 0 aromatic heterocycles. The predicted molar refractivity (Wildman–Crippen MR) is 106 cm³/mol. The molecule has 0 saturated carbocycles. The average molecular weight is 387 g/mol. The first kappa shape index (κ1) is 19.8. The Morgan fingerprint density at radius 1 is 1.46 bits per heavy atom. The number of rotatable bonds is 4. The molecule has 0 bridgehead atoms. The van der Waals surface area contributed by atoms with E-state index >= 15 is 0 Å². The van der Waals surface area contributed by atoms with E-state index in [2.05, 4.69) is 25.8 Å². The molecule has 8 nitrogen and oxygen atoms in total. The van der Waals surface area contributed by atoms with Crippen molar-refractivity contribution in [3.05, 3.63) is 45.8 Å². The van der Waals surface area contributed by atoms with E-state index in [1.807, 2.05) is 6.92 Å². The molecule has 1 saturated heterocycles. The molecule has 1 aromatic rings. The van der Waals surface area contributed by atoms with Gasteiger partial charge in [0.25, 0.3) is 6.57 Å². The Hall–Kier alpha value is -2.96. The lowest BCUT2D eigenvalue weighted by atomic mass is 10.0. The van der Waals surface area contributed by atoms with Crippen LogP contribution in [0.5, 0.6) is 0 Å². The van der Waals surface area contributed by atoms with Crippen molar-refractivity contribution in [2.75, 3.05) is 18.5 Å². The first-order chi connectivity index (χ1) is 13.3. The third-order valence-electron chi connectivity index (χ3n) is 4.88. The van der Waals surface area contributed by atoms with Gasteiger partial charge < -0.3 is 21.1 Å². The number of amides is 1. The highest BCUT2D eigenvalue weighted by Gasteiger charge is 2.33. The van der Waals surface area contributed by atoms with Crippen LogP contribution >= 0.6 is 0 Å². The molecule has 5 N–H and O–H groups in total. The van der Waals surface area contributed by atoms with Crippen LogP contribution in [0.1, 0.15) is 35.7 Å². The monoisotopic (exact) mass is 387 g/mol. The van der Waals surface area contributed by atoms with Crippen LogP contribution in [0.3, 0.4) is 0 Å². The number of ether oxygens (including phenoxy) is 1. The SMILES string of the molecule is C#[N+]C(=O)c1cc(C)c(NC2=NC(C)(NC3CCOCC3)C(N)=CN2)cc1F. The summed E-state index contributed by atoms with van der Waals surface area (Å²) in [7, 11) is 0. The normalized spacial score (nSPS) is 22.5. The van der Waals surface area contributed by atoms with Crippen molar-refractivity contribution in [1.29, 1.82) is 0 Å². The lowest BCUT2D eigenvalue weighted by Crippen LogP contribution is -2.55. The van der Waals surface area contributed by atoms with Crippen LogP contribution in [0.15, 0.2) is 29.0 Å². The molecule has 148 valence electrons. The maximum absolute atomic E-state index is 14.3. The van der Waals surface area contributed by atoms with E-state index < -0.39 is 17.4 Å². The molecular weight excluding hydrogens is 363 g/mol. The highest BCUT2D eigenvalue weighted by atomic mass is 19.1. The van der Waals surface area contributed by atoms with Crippen molar-refractivity contribution in [2.45, 2.75) is 38.4 Å². The molecule has 3 rings (SSSR count). The van der Waals surface area contributed by atoms with E-state index in [4.69, 9.17) is 17.0 Å². The van der Waals surface area contributed by atoms with Crippen LogP contribution in [-0.2, 0) is 4.74 Å². The van der Waals surface area contributed by atoms with E-state index in [1.165, 1.54) is 12.1 Å². The van der Waals surface area contributed by atoms with Crippen LogP contribution in [0, 0.1) is 19.3 Å². The van der Waals surface area contributed by atoms with Gasteiger partial charge in [-0.25, -0.2) is 9.38 Å². The fourth-order valence-electron chi connectivity index (χ4n) is 3.20. The standard InChI is InChI=1S/C19H23FN6O2/c1-11-8-13(17(27)22-3)14(20)9-15(11)24-18-23-10-16(21)19(2,26-18)25-12-4-6-28-7-5-12/h3,8-10,12,25H,4-7,21H2,1-2H3,(H-,23,24,26,27)/p+1. The summed E-state index contributed by atoms with van der Waals surface area (Å²) in [5.74, 6) is -1.13. The maximum Gasteiger partial charge on any atom is 0.550 e. The van der Waals surface area contributed by atoms with Gasteiger partial charge in [-0.1, -0.05) is 0 Å². The topological polar surface area (TPSA) is 105 Å². The van der Waals surface area contributed by atoms with Crippen molar-refractivity contribution in [3.8, 4) is 6.57 Å². The molecule has 28 heavy (non-hydrogen) atoms. The molecule has 1 fully saturated rings. The minimum absolute atomic E-state index is 0.181. The minimum Gasteiger partial charge on any atom is -0.398 e. The molecule has 1 atom stereocenters. The summed E-state index contributed by atoms with van der Waals surface area (Å²) in [4.78, 5) is 19.2. The number of nitrogens with one attached hydrogen (secondary N) is 3.